The minimum Gasteiger partial charge on any atom is -0.495 e. The maximum absolute atomic E-state index is 12.0. The van der Waals surface area contributed by atoms with Crippen LogP contribution in [0.15, 0.2) is 36.4 Å². The molecule has 0 heterocycles. The number of amides is 2. The second-order valence-corrected chi connectivity index (χ2v) is 5.31. The number of ether oxygens (including phenoxy) is 1. The molecule has 0 unspecified atom stereocenters. The predicted octanol–water partition coefficient (Wildman–Crippen LogP) is 3.11. The summed E-state index contributed by atoms with van der Waals surface area (Å²) in [6.07, 6.45) is 0. The maximum Gasteiger partial charge on any atom is 0.314 e. The van der Waals surface area contributed by atoms with Gasteiger partial charge in [-0.25, -0.2) is 0 Å². The first kappa shape index (κ1) is 17.3. The fourth-order valence-electron chi connectivity index (χ4n) is 1.92. The molecule has 0 bridgehead atoms. The summed E-state index contributed by atoms with van der Waals surface area (Å²) in [4.78, 5) is 24.0. The van der Waals surface area contributed by atoms with E-state index in [0.717, 1.165) is 5.56 Å². The van der Waals surface area contributed by atoms with Crippen molar-refractivity contribution < 1.29 is 14.3 Å². The Bertz CT molecular complexity index is 826. The van der Waals surface area contributed by atoms with Crippen LogP contribution in [0.25, 0.3) is 0 Å². The van der Waals surface area contributed by atoms with Crippen LogP contribution in [0.1, 0.15) is 11.1 Å². The van der Waals surface area contributed by atoms with Crippen LogP contribution in [-0.4, -0.2) is 18.9 Å². The van der Waals surface area contributed by atoms with Crippen LogP contribution in [0, 0.1) is 18.3 Å². The second kappa shape index (κ2) is 7.49. The van der Waals surface area contributed by atoms with Crippen molar-refractivity contribution in [1.29, 1.82) is 5.26 Å². The number of hydrogen-bond donors (Lipinski definition) is 2. The van der Waals surface area contributed by atoms with Gasteiger partial charge in [-0.2, -0.15) is 5.26 Å². The zero-order chi connectivity index (χ0) is 17.7. The van der Waals surface area contributed by atoms with Gasteiger partial charge in [-0.15, -0.1) is 0 Å². The smallest absolute Gasteiger partial charge is 0.314 e. The van der Waals surface area contributed by atoms with E-state index in [1.54, 1.807) is 31.2 Å². The summed E-state index contributed by atoms with van der Waals surface area (Å²) in [5.74, 6) is -1.33. The molecule has 0 fully saturated rings. The Morgan fingerprint density at radius 3 is 2.33 bits per heavy atom. The van der Waals surface area contributed by atoms with Gasteiger partial charge in [0.05, 0.1) is 24.4 Å². The molecule has 0 radical (unpaired) electrons. The third-order valence-corrected chi connectivity index (χ3v) is 3.61. The van der Waals surface area contributed by atoms with E-state index in [2.05, 4.69) is 10.6 Å². The molecule has 0 saturated carbocycles. The number of hydrogen-bond acceptors (Lipinski definition) is 4. The van der Waals surface area contributed by atoms with E-state index in [9.17, 15) is 9.59 Å². The second-order valence-electron chi connectivity index (χ2n) is 4.90. The Kier molecular flexibility index (Phi) is 5.40. The van der Waals surface area contributed by atoms with E-state index in [1.165, 1.54) is 19.2 Å². The topological polar surface area (TPSA) is 91.2 Å². The number of carbonyl (C=O) groups is 2. The molecule has 0 aliphatic carbocycles. The zero-order valence-corrected chi connectivity index (χ0v) is 13.8. The molecule has 0 spiro atoms. The van der Waals surface area contributed by atoms with Gasteiger partial charge in [-0.05, 0) is 42.8 Å². The van der Waals surface area contributed by atoms with Crippen molar-refractivity contribution in [3.63, 3.8) is 0 Å². The highest BCUT2D eigenvalue weighted by Crippen LogP contribution is 2.30. The molecular weight excluding hydrogens is 330 g/mol. The number of rotatable bonds is 3. The van der Waals surface area contributed by atoms with Crippen LogP contribution in [0.5, 0.6) is 5.75 Å². The molecule has 0 aliphatic heterocycles. The lowest BCUT2D eigenvalue weighted by molar-refractivity contribution is -0.133. The lowest BCUT2D eigenvalue weighted by Crippen LogP contribution is -2.29. The summed E-state index contributed by atoms with van der Waals surface area (Å²) in [5, 5.41) is 14.2. The van der Waals surface area contributed by atoms with E-state index in [4.69, 9.17) is 21.6 Å². The molecule has 2 amide bonds. The van der Waals surface area contributed by atoms with Crippen molar-refractivity contribution >= 4 is 34.8 Å². The van der Waals surface area contributed by atoms with Gasteiger partial charge in [0, 0.05) is 16.8 Å². The number of benzene rings is 2. The van der Waals surface area contributed by atoms with Crippen LogP contribution in [0.3, 0.4) is 0 Å². The SMILES string of the molecule is COc1cc(Cl)c(C)cc1NC(=O)C(=O)Nc1ccc(C#N)cc1. The summed E-state index contributed by atoms with van der Waals surface area (Å²) in [6, 6.07) is 11.3. The van der Waals surface area contributed by atoms with Crippen molar-refractivity contribution in [2.24, 2.45) is 0 Å². The number of anilines is 2. The van der Waals surface area contributed by atoms with E-state index in [-0.39, 0.29) is 0 Å². The summed E-state index contributed by atoms with van der Waals surface area (Å²) in [7, 11) is 1.44. The standard InChI is InChI=1S/C17H14ClN3O3/c1-10-7-14(15(24-2)8-13(10)18)21-17(23)16(22)20-12-5-3-11(9-19)4-6-12/h3-8H,1-2H3,(H,20,22)(H,21,23). The first-order chi connectivity index (χ1) is 11.4. The summed E-state index contributed by atoms with van der Waals surface area (Å²) < 4.78 is 5.14. The molecule has 2 rings (SSSR count). The third kappa shape index (κ3) is 4.03. The van der Waals surface area contributed by atoms with E-state index in [1.807, 2.05) is 6.07 Å². The Morgan fingerprint density at radius 2 is 1.75 bits per heavy atom. The molecule has 0 atom stereocenters. The van der Waals surface area contributed by atoms with Gasteiger partial charge in [0.25, 0.3) is 0 Å². The monoisotopic (exact) mass is 343 g/mol. The van der Waals surface area contributed by atoms with Crippen LogP contribution in [0.4, 0.5) is 11.4 Å². The molecule has 2 aromatic rings. The molecule has 2 aromatic carbocycles. The van der Waals surface area contributed by atoms with Gasteiger partial charge >= 0.3 is 11.8 Å². The largest absolute Gasteiger partial charge is 0.495 e. The lowest BCUT2D eigenvalue weighted by Gasteiger charge is -2.12. The fraction of sp³-hybridized carbons (Fsp3) is 0.118. The molecule has 0 aliphatic rings. The maximum atomic E-state index is 12.0. The highest BCUT2D eigenvalue weighted by atomic mass is 35.5. The first-order valence-electron chi connectivity index (χ1n) is 6.91. The highest BCUT2D eigenvalue weighted by Gasteiger charge is 2.17. The average Bonchev–Trinajstić information content (AvgIpc) is 2.58. The van der Waals surface area contributed by atoms with Gasteiger partial charge in [0.15, 0.2) is 0 Å². The van der Waals surface area contributed by atoms with Gasteiger partial charge in [0.2, 0.25) is 0 Å². The van der Waals surface area contributed by atoms with Crippen LogP contribution < -0.4 is 15.4 Å². The zero-order valence-electron chi connectivity index (χ0n) is 13.0. The summed E-state index contributed by atoms with van der Waals surface area (Å²) in [6.45, 7) is 1.77. The van der Waals surface area contributed by atoms with Crippen molar-refractivity contribution in [2.45, 2.75) is 6.92 Å². The molecule has 24 heavy (non-hydrogen) atoms. The predicted molar refractivity (Wildman–Crippen MR) is 91.2 cm³/mol. The number of halogens is 1. The molecule has 122 valence electrons. The Morgan fingerprint density at radius 1 is 1.12 bits per heavy atom. The molecular formula is C17H14ClN3O3. The van der Waals surface area contributed by atoms with Gasteiger partial charge in [-0.3, -0.25) is 9.59 Å². The quantitative estimate of drug-likeness (QED) is 0.838. The summed E-state index contributed by atoms with van der Waals surface area (Å²) in [5.41, 5.74) is 1.95. The van der Waals surface area contributed by atoms with Gasteiger partial charge < -0.3 is 15.4 Å². The minimum atomic E-state index is -0.848. The number of methoxy groups -OCH3 is 1. The van der Waals surface area contributed by atoms with Gasteiger partial charge in [0.1, 0.15) is 5.75 Å². The Hall–Kier alpha value is -3.04. The minimum absolute atomic E-state index is 0.347. The van der Waals surface area contributed by atoms with Crippen molar-refractivity contribution in [1.82, 2.24) is 0 Å². The molecule has 7 heteroatoms. The first-order valence-corrected chi connectivity index (χ1v) is 7.29. The average molecular weight is 344 g/mol. The van der Waals surface area contributed by atoms with Crippen LogP contribution >= 0.6 is 11.6 Å². The number of nitrogens with zero attached hydrogens (tertiary/aromatic N) is 1. The number of carbonyl (C=O) groups excluding carboxylic acids is 2. The molecule has 0 aromatic heterocycles. The molecule has 2 N–H and O–H groups in total. The van der Waals surface area contributed by atoms with Crippen LogP contribution in [0.2, 0.25) is 5.02 Å². The summed E-state index contributed by atoms with van der Waals surface area (Å²) >= 11 is 6.00. The molecule has 6 nitrogen and oxygen atoms in total. The van der Waals surface area contributed by atoms with Crippen molar-refractivity contribution in [2.75, 3.05) is 17.7 Å². The van der Waals surface area contributed by atoms with E-state index in [0.29, 0.717) is 27.7 Å². The van der Waals surface area contributed by atoms with Crippen LogP contribution in [-0.2, 0) is 9.59 Å². The number of nitrogens with one attached hydrogen (secondary N) is 2. The van der Waals surface area contributed by atoms with E-state index >= 15 is 0 Å². The van der Waals surface area contributed by atoms with Crippen molar-refractivity contribution in [3.05, 3.63) is 52.5 Å². The number of aryl methyl sites for hydroxylation is 1. The van der Waals surface area contributed by atoms with E-state index < -0.39 is 11.8 Å². The van der Waals surface area contributed by atoms with Crippen molar-refractivity contribution in [3.8, 4) is 11.8 Å². The lowest BCUT2D eigenvalue weighted by atomic mass is 10.2. The highest BCUT2D eigenvalue weighted by molar-refractivity contribution is 6.43. The number of nitriles is 1. The van der Waals surface area contributed by atoms with Gasteiger partial charge in [-0.1, -0.05) is 11.6 Å². The molecule has 0 saturated heterocycles. The normalized spacial score (nSPS) is 9.75. The Labute approximate surface area is 144 Å². The fourth-order valence-corrected chi connectivity index (χ4v) is 2.08. The Balaban J connectivity index is 2.10. The third-order valence-electron chi connectivity index (χ3n) is 3.21.